The molecule has 0 radical (unpaired) electrons. The molecule has 2 nitrogen and oxygen atoms in total. The van der Waals surface area contributed by atoms with E-state index in [1.165, 1.54) is 0 Å². The zero-order valence-electron chi connectivity index (χ0n) is 12.5. The smallest absolute Gasteiger partial charge is 0.378 e. The number of nitrogens with one attached hydrogen (secondary N) is 1. The molecule has 2 rings (SSSR count). The fourth-order valence-electron chi connectivity index (χ4n) is 2.94. The molecule has 0 spiro atoms. The summed E-state index contributed by atoms with van der Waals surface area (Å²) in [4.78, 5) is 0. The molecular weight excluding hydrogens is 279 g/mol. The van der Waals surface area contributed by atoms with Gasteiger partial charge >= 0.3 is 6.18 Å². The van der Waals surface area contributed by atoms with Crippen molar-refractivity contribution in [3.05, 3.63) is 35.4 Å². The summed E-state index contributed by atoms with van der Waals surface area (Å²) in [6.07, 6.45) is -2.50. The third-order valence-electron chi connectivity index (χ3n) is 4.39. The van der Waals surface area contributed by atoms with Gasteiger partial charge in [0, 0.05) is 18.6 Å². The van der Waals surface area contributed by atoms with Crippen LogP contribution >= 0.6 is 0 Å². The Kier molecular flexibility index (Phi) is 4.94. The molecule has 0 bridgehead atoms. The van der Waals surface area contributed by atoms with Crippen molar-refractivity contribution in [1.29, 1.82) is 0 Å². The second-order valence-electron chi connectivity index (χ2n) is 5.78. The van der Waals surface area contributed by atoms with E-state index in [1.54, 1.807) is 12.1 Å². The summed E-state index contributed by atoms with van der Waals surface area (Å²) in [7, 11) is 0. The van der Waals surface area contributed by atoms with Crippen LogP contribution in [0.25, 0.3) is 0 Å². The van der Waals surface area contributed by atoms with E-state index in [1.807, 2.05) is 6.92 Å². The van der Waals surface area contributed by atoms with E-state index in [2.05, 4.69) is 12.2 Å². The monoisotopic (exact) mass is 301 g/mol. The fraction of sp³-hybridized carbons (Fsp3) is 0.625. The number of hydrogen-bond acceptors (Lipinski definition) is 2. The Morgan fingerprint density at radius 3 is 2.43 bits per heavy atom. The van der Waals surface area contributed by atoms with Gasteiger partial charge in [0.15, 0.2) is 0 Å². The lowest BCUT2D eigenvalue weighted by Crippen LogP contribution is -2.41. The van der Waals surface area contributed by atoms with Crippen LogP contribution in [0.15, 0.2) is 24.3 Å². The van der Waals surface area contributed by atoms with E-state index in [0.717, 1.165) is 43.6 Å². The lowest BCUT2D eigenvalue weighted by Gasteiger charge is -2.32. The van der Waals surface area contributed by atoms with Gasteiger partial charge in [0.25, 0.3) is 0 Å². The maximum Gasteiger partial charge on any atom is 0.416 e. The van der Waals surface area contributed by atoms with Crippen molar-refractivity contribution in [2.45, 2.75) is 39.0 Å². The first-order chi connectivity index (χ1) is 9.87. The molecule has 0 amide bonds. The van der Waals surface area contributed by atoms with Crippen molar-refractivity contribution in [3.63, 3.8) is 0 Å². The molecule has 1 saturated heterocycles. The van der Waals surface area contributed by atoms with Gasteiger partial charge in [0.2, 0.25) is 0 Å². The van der Waals surface area contributed by atoms with Crippen LogP contribution in [0.1, 0.15) is 31.4 Å². The average molecular weight is 301 g/mol. The highest BCUT2D eigenvalue weighted by Gasteiger charge is 2.41. The first-order valence-corrected chi connectivity index (χ1v) is 7.36. The Morgan fingerprint density at radius 2 is 1.95 bits per heavy atom. The zero-order chi connectivity index (χ0) is 15.5. The molecular formula is C16H22F3NO. The molecule has 1 aromatic rings. The third kappa shape index (κ3) is 3.77. The first kappa shape index (κ1) is 16.3. The zero-order valence-corrected chi connectivity index (χ0v) is 12.5. The van der Waals surface area contributed by atoms with E-state index in [9.17, 15) is 13.2 Å². The van der Waals surface area contributed by atoms with Crippen molar-refractivity contribution >= 4 is 0 Å². The third-order valence-corrected chi connectivity index (χ3v) is 4.39. The van der Waals surface area contributed by atoms with E-state index in [0.29, 0.717) is 6.61 Å². The van der Waals surface area contributed by atoms with Crippen molar-refractivity contribution in [3.8, 4) is 0 Å². The number of halogens is 3. The number of rotatable bonds is 5. The highest BCUT2D eigenvalue weighted by Crippen LogP contribution is 2.38. The van der Waals surface area contributed by atoms with Gasteiger partial charge in [-0.2, -0.15) is 13.2 Å². The van der Waals surface area contributed by atoms with Crippen molar-refractivity contribution in [2.24, 2.45) is 5.41 Å². The normalized spacial score (nSPS) is 26.2. The Balaban J connectivity index is 2.14. The van der Waals surface area contributed by atoms with Crippen LogP contribution in [-0.2, 0) is 17.3 Å². The Morgan fingerprint density at radius 1 is 1.29 bits per heavy atom. The lowest BCUT2D eigenvalue weighted by atomic mass is 9.76. The summed E-state index contributed by atoms with van der Waals surface area (Å²) in [6, 6.07) is 5.50. The average Bonchev–Trinajstić information content (AvgIpc) is 2.78. The van der Waals surface area contributed by atoms with Crippen LogP contribution in [0, 0.1) is 5.41 Å². The van der Waals surface area contributed by atoms with E-state index in [4.69, 9.17) is 4.74 Å². The topological polar surface area (TPSA) is 21.3 Å². The Hall–Kier alpha value is -1.07. The summed E-state index contributed by atoms with van der Waals surface area (Å²) in [5.41, 5.74) is 0.302. The molecule has 1 aliphatic heterocycles. The molecule has 21 heavy (non-hydrogen) atoms. The summed E-state index contributed by atoms with van der Waals surface area (Å²) in [5.74, 6) is 0. The molecule has 5 heteroatoms. The van der Waals surface area contributed by atoms with Crippen LogP contribution < -0.4 is 5.32 Å². The maximum absolute atomic E-state index is 12.6. The largest absolute Gasteiger partial charge is 0.416 e. The molecule has 1 aromatic carbocycles. The lowest BCUT2D eigenvalue weighted by molar-refractivity contribution is -0.137. The van der Waals surface area contributed by atoms with Crippen LogP contribution in [0.2, 0.25) is 0 Å². The quantitative estimate of drug-likeness (QED) is 0.896. The van der Waals surface area contributed by atoms with E-state index in [-0.39, 0.29) is 11.5 Å². The maximum atomic E-state index is 12.6. The molecule has 1 aliphatic rings. The van der Waals surface area contributed by atoms with Crippen molar-refractivity contribution in [1.82, 2.24) is 5.32 Å². The number of alkyl halides is 3. The minimum absolute atomic E-state index is 0.0320. The fourth-order valence-corrected chi connectivity index (χ4v) is 2.94. The molecule has 118 valence electrons. The van der Waals surface area contributed by atoms with Gasteiger partial charge in [0.1, 0.15) is 0 Å². The Bertz CT molecular complexity index is 458. The van der Waals surface area contributed by atoms with E-state index < -0.39 is 11.7 Å². The van der Waals surface area contributed by atoms with Gasteiger partial charge in [-0.3, -0.25) is 0 Å². The molecule has 0 saturated carbocycles. The molecule has 0 aliphatic carbocycles. The standard InChI is InChI=1S/C16H22F3NO/c1-3-20-11-15(8-9-21-12(15)2)10-13-4-6-14(7-5-13)16(17,18)19/h4-7,12,20H,3,8-11H2,1-2H3. The SMILES string of the molecule is CCNCC1(Cc2ccc(C(F)(F)F)cc2)CCOC1C. The number of ether oxygens (including phenoxy) is 1. The minimum Gasteiger partial charge on any atom is -0.378 e. The molecule has 2 unspecified atom stereocenters. The highest BCUT2D eigenvalue weighted by molar-refractivity contribution is 5.26. The Labute approximate surface area is 123 Å². The van der Waals surface area contributed by atoms with Crippen LogP contribution in [-0.4, -0.2) is 25.8 Å². The van der Waals surface area contributed by atoms with Crippen LogP contribution in [0.4, 0.5) is 13.2 Å². The molecule has 0 aromatic heterocycles. The molecule has 1 heterocycles. The molecule has 2 atom stereocenters. The molecule has 1 fully saturated rings. The van der Waals surface area contributed by atoms with Gasteiger partial charge < -0.3 is 10.1 Å². The predicted molar refractivity (Wildman–Crippen MR) is 76.2 cm³/mol. The van der Waals surface area contributed by atoms with Gasteiger partial charge in [0.05, 0.1) is 11.7 Å². The van der Waals surface area contributed by atoms with Gasteiger partial charge in [-0.25, -0.2) is 0 Å². The van der Waals surface area contributed by atoms with Crippen molar-refractivity contribution < 1.29 is 17.9 Å². The van der Waals surface area contributed by atoms with Crippen molar-refractivity contribution in [2.75, 3.05) is 19.7 Å². The van der Waals surface area contributed by atoms with Crippen LogP contribution in [0.5, 0.6) is 0 Å². The summed E-state index contributed by atoms with van der Waals surface area (Å²) < 4.78 is 43.5. The summed E-state index contributed by atoms with van der Waals surface area (Å²) in [5, 5.41) is 3.36. The van der Waals surface area contributed by atoms with E-state index >= 15 is 0 Å². The first-order valence-electron chi connectivity index (χ1n) is 7.36. The summed E-state index contributed by atoms with van der Waals surface area (Å²) in [6.45, 7) is 6.51. The summed E-state index contributed by atoms with van der Waals surface area (Å²) >= 11 is 0. The van der Waals surface area contributed by atoms with Gasteiger partial charge in [-0.1, -0.05) is 19.1 Å². The number of hydrogen-bond donors (Lipinski definition) is 1. The minimum atomic E-state index is -4.27. The highest BCUT2D eigenvalue weighted by atomic mass is 19.4. The van der Waals surface area contributed by atoms with Gasteiger partial charge in [-0.15, -0.1) is 0 Å². The predicted octanol–water partition coefficient (Wildman–Crippen LogP) is 3.65. The number of benzene rings is 1. The molecule has 1 N–H and O–H groups in total. The second-order valence-corrected chi connectivity index (χ2v) is 5.78. The van der Waals surface area contributed by atoms with Gasteiger partial charge in [-0.05, 0) is 44.0 Å². The second kappa shape index (κ2) is 6.36. The van der Waals surface area contributed by atoms with Crippen LogP contribution in [0.3, 0.4) is 0 Å².